The molecule has 4 heteroatoms. The summed E-state index contributed by atoms with van der Waals surface area (Å²) in [7, 11) is 2.17. The molecule has 2 rings (SSSR count). The second kappa shape index (κ2) is 22.9. The summed E-state index contributed by atoms with van der Waals surface area (Å²) in [6.45, 7) is 11.4. The molecule has 0 N–H and O–H groups in total. The van der Waals surface area contributed by atoms with Crippen LogP contribution in [-0.2, 0) is 14.3 Å². The number of ketones is 1. The Morgan fingerprint density at radius 3 is 1.47 bits per heavy atom. The van der Waals surface area contributed by atoms with Gasteiger partial charge in [-0.2, -0.15) is 0 Å². The van der Waals surface area contributed by atoms with E-state index in [-0.39, 0.29) is 23.6 Å². The third-order valence-electron chi connectivity index (χ3n) is 8.86. The van der Waals surface area contributed by atoms with Crippen molar-refractivity contribution in [3.8, 4) is 0 Å². The van der Waals surface area contributed by atoms with Gasteiger partial charge in [-0.15, -0.1) is 0 Å². The van der Waals surface area contributed by atoms with Crippen LogP contribution < -0.4 is 0 Å². The Morgan fingerprint density at radius 2 is 1.05 bits per heavy atom. The SMILES string of the molecule is CCCCCCCCCCCCCCCCCOC(=O)C1C2CCC(C2)C1C(C)=O.CCCN(C)CCC. The lowest BCUT2D eigenvalue weighted by Crippen LogP contribution is -2.35. The Morgan fingerprint density at radius 1 is 0.632 bits per heavy atom. The summed E-state index contributed by atoms with van der Waals surface area (Å²) >= 11 is 0. The van der Waals surface area contributed by atoms with Gasteiger partial charge in [0.05, 0.1) is 12.5 Å². The van der Waals surface area contributed by atoms with Gasteiger partial charge in [-0.3, -0.25) is 9.59 Å². The number of hydrogen-bond acceptors (Lipinski definition) is 4. The number of unbranched alkanes of at least 4 members (excludes halogenated alkanes) is 14. The Kier molecular flexibility index (Phi) is 21.1. The van der Waals surface area contributed by atoms with Gasteiger partial charge in [-0.1, -0.05) is 111 Å². The van der Waals surface area contributed by atoms with Crippen molar-refractivity contribution < 1.29 is 14.3 Å². The summed E-state index contributed by atoms with van der Waals surface area (Å²) in [6.07, 6.45) is 25.9. The van der Waals surface area contributed by atoms with E-state index in [1.165, 1.54) is 109 Å². The van der Waals surface area contributed by atoms with Crippen molar-refractivity contribution in [1.82, 2.24) is 4.90 Å². The number of ether oxygens (including phenoxy) is 1. The summed E-state index contributed by atoms with van der Waals surface area (Å²) in [5, 5.41) is 0. The van der Waals surface area contributed by atoms with Gasteiger partial charge in [0.2, 0.25) is 0 Å². The van der Waals surface area contributed by atoms with Crippen LogP contribution in [-0.4, -0.2) is 43.4 Å². The first kappa shape index (κ1) is 35.1. The van der Waals surface area contributed by atoms with E-state index in [4.69, 9.17) is 4.74 Å². The Bertz CT molecular complexity index is 586. The molecular weight excluding hydrogens is 470 g/mol. The molecule has 0 amide bonds. The third kappa shape index (κ3) is 15.0. The van der Waals surface area contributed by atoms with E-state index in [9.17, 15) is 9.59 Å². The highest BCUT2D eigenvalue weighted by Crippen LogP contribution is 2.53. The van der Waals surface area contributed by atoms with Gasteiger partial charge < -0.3 is 9.64 Å². The van der Waals surface area contributed by atoms with E-state index in [0.717, 1.165) is 32.1 Å². The number of rotatable bonds is 22. The molecule has 0 aromatic heterocycles. The first-order chi connectivity index (χ1) is 18.5. The van der Waals surface area contributed by atoms with Crippen LogP contribution in [0.2, 0.25) is 0 Å². The predicted molar refractivity (Wildman–Crippen MR) is 162 cm³/mol. The smallest absolute Gasteiger partial charge is 0.309 e. The molecule has 0 heterocycles. The van der Waals surface area contributed by atoms with E-state index >= 15 is 0 Å². The average molecular weight is 536 g/mol. The Labute approximate surface area is 237 Å². The van der Waals surface area contributed by atoms with Crippen molar-refractivity contribution in [2.45, 2.75) is 156 Å². The minimum atomic E-state index is -0.141. The molecule has 0 aromatic carbocycles. The molecule has 2 bridgehead atoms. The van der Waals surface area contributed by atoms with Gasteiger partial charge in [0.25, 0.3) is 0 Å². The lowest BCUT2D eigenvalue weighted by molar-refractivity contribution is -0.154. The van der Waals surface area contributed by atoms with Crippen LogP contribution in [0.3, 0.4) is 0 Å². The maximum Gasteiger partial charge on any atom is 0.309 e. The van der Waals surface area contributed by atoms with Crippen LogP contribution in [0.4, 0.5) is 0 Å². The van der Waals surface area contributed by atoms with Gasteiger partial charge >= 0.3 is 5.97 Å². The third-order valence-corrected chi connectivity index (χ3v) is 8.86. The molecule has 4 nitrogen and oxygen atoms in total. The van der Waals surface area contributed by atoms with Crippen LogP contribution in [0.1, 0.15) is 156 Å². The minimum absolute atomic E-state index is 0.0580. The average Bonchev–Trinajstić information content (AvgIpc) is 3.51. The minimum Gasteiger partial charge on any atom is -0.465 e. The summed E-state index contributed by atoms with van der Waals surface area (Å²) in [6, 6.07) is 0. The van der Waals surface area contributed by atoms with Gasteiger partial charge in [-0.05, 0) is 77.4 Å². The molecule has 2 aliphatic carbocycles. The standard InChI is InChI=1S/C27H48O3.C7H17N/c1-3-4-5-6-7-8-9-10-11-12-13-14-15-16-17-20-30-27(29)26-24-19-18-23(21-24)25(26)22(2)28;1-4-6-8(3)7-5-2/h23-26H,3-21H2,1-2H3;4-7H2,1-3H3. The lowest BCUT2D eigenvalue weighted by Gasteiger charge is -2.27. The molecule has 0 aromatic rings. The zero-order valence-corrected chi connectivity index (χ0v) is 26.2. The molecule has 224 valence electrons. The Hall–Kier alpha value is -0.900. The summed E-state index contributed by atoms with van der Waals surface area (Å²) in [5.74, 6) is 0.743. The quantitative estimate of drug-likeness (QED) is 0.102. The maximum absolute atomic E-state index is 12.5. The molecule has 38 heavy (non-hydrogen) atoms. The fraction of sp³-hybridized carbons (Fsp3) is 0.941. The van der Waals surface area contributed by atoms with Gasteiger partial charge in [-0.25, -0.2) is 0 Å². The van der Waals surface area contributed by atoms with Crippen molar-refractivity contribution in [3.63, 3.8) is 0 Å². The molecule has 0 spiro atoms. The number of carbonyl (C=O) groups excluding carboxylic acids is 2. The van der Waals surface area contributed by atoms with Crippen molar-refractivity contribution >= 4 is 11.8 Å². The number of fused-ring (bicyclic) bond motifs is 2. The number of esters is 1. The van der Waals surface area contributed by atoms with E-state index < -0.39 is 0 Å². The van der Waals surface area contributed by atoms with E-state index in [1.54, 1.807) is 6.92 Å². The van der Waals surface area contributed by atoms with E-state index in [0.29, 0.717) is 18.4 Å². The Balaban J connectivity index is 0.000000781. The molecule has 2 aliphatic rings. The zero-order chi connectivity index (χ0) is 28.0. The first-order valence-electron chi connectivity index (χ1n) is 16.8. The topological polar surface area (TPSA) is 46.6 Å². The lowest BCUT2D eigenvalue weighted by atomic mass is 9.77. The second-order valence-electron chi connectivity index (χ2n) is 12.4. The number of hydrogen-bond donors (Lipinski definition) is 0. The first-order valence-corrected chi connectivity index (χ1v) is 16.8. The largest absolute Gasteiger partial charge is 0.465 e. The van der Waals surface area contributed by atoms with Crippen molar-refractivity contribution in [1.29, 1.82) is 0 Å². The number of carbonyl (C=O) groups is 2. The highest BCUT2D eigenvalue weighted by molar-refractivity contribution is 5.86. The highest BCUT2D eigenvalue weighted by atomic mass is 16.5. The molecule has 4 unspecified atom stereocenters. The van der Waals surface area contributed by atoms with Crippen LogP contribution in [0.15, 0.2) is 0 Å². The monoisotopic (exact) mass is 535 g/mol. The van der Waals surface area contributed by atoms with E-state index in [1.807, 2.05) is 0 Å². The van der Waals surface area contributed by atoms with Gasteiger partial charge in [0, 0.05) is 5.92 Å². The van der Waals surface area contributed by atoms with Crippen LogP contribution in [0.5, 0.6) is 0 Å². The van der Waals surface area contributed by atoms with Crippen molar-refractivity contribution in [3.05, 3.63) is 0 Å². The zero-order valence-electron chi connectivity index (χ0n) is 26.2. The van der Waals surface area contributed by atoms with Crippen molar-refractivity contribution in [2.75, 3.05) is 26.7 Å². The summed E-state index contributed by atoms with van der Waals surface area (Å²) < 4.78 is 5.58. The normalized spacial score (nSPS) is 21.9. The number of nitrogens with zero attached hydrogens (tertiary/aromatic N) is 1. The maximum atomic E-state index is 12.5. The van der Waals surface area contributed by atoms with Crippen molar-refractivity contribution in [2.24, 2.45) is 23.7 Å². The molecule has 0 saturated heterocycles. The fourth-order valence-electron chi connectivity index (χ4n) is 6.83. The van der Waals surface area contributed by atoms with Crippen LogP contribution >= 0.6 is 0 Å². The molecule has 0 radical (unpaired) electrons. The molecule has 4 atom stereocenters. The van der Waals surface area contributed by atoms with Gasteiger partial charge in [0.1, 0.15) is 5.78 Å². The van der Waals surface area contributed by atoms with Crippen LogP contribution in [0, 0.1) is 23.7 Å². The van der Waals surface area contributed by atoms with Crippen LogP contribution in [0.25, 0.3) is 0 Å². The summed E-state index contributed by atoms with van der Waals surface area (Å²) in [4.78, 5) is 26.9. The van der Waals surface area contributed by atoms with E-state index in [2.05, 4.69) is 32.7 Å². The van der Waals surface area contributed by atoms with Gasteiger partial charge in [0.15, 0.2) is 0 Å². The molecular formula is C34H65NO3. The number of Topliss-reactive ketones (excluding diaryl/α,β-unsaturated/α-hetero) is 1. The predicted octanol–water partition coefficient (Wildman–Crippen LogP) is 9.39. The molecule has 0 aliphatic heterocycles. The highest BCUT2D eigenvalue weighted by Gasteiger charge is 2.53. The molecule has 2 fully saturated rings. The second-order valence-corrected chi connectivity index (χ2v) is 12.4. The summed E-state index contributed by atoms with van der Waals surface area (Å²) in [5.41, 5.74) is 0. The molecule has 2 saturated carbocycles. The fourth-order valence-corrected chi connectivity index (χ4v) is 6.83.